The quantitative estimate of drug-likeness (QED) is 0.440. The molecule has 0 spiro atoms. The molecule has 6 heteroatoms. The van der Waals surface area contributed by atoms with E-state index < -0.39 is 11.9 Å². The Bertz CT molecular complexity index is 859. The van der Waals surface area contributed by atoms with E-state index in [1.54, 1.807) is 36.4 Å². The molecule has 2 aromatic rings. The summed E-state index contributed by atoms with van der Waals surface area (Å²) in [5.74, 6) is -1.47. The van der Waals surface area contributed by atoms with E-state index in [1.165, 1.54) is 0 Å². The fourth-order valence-corrected chi connectivity index (χ4v) is 2.83. The first-order valence-corrected chi connectivity index (χ1v) is 11.1. The van der Waals surface area contributed by atoms with Gasteiger partial charge >= 0.3 is 11.9 Å². The van der Waals surface area contributed by atoms with Crippen LogP contribution in [0, 0.1) is 11.3 Å². The number of aromatic carboxylic acids is 2. The van der Waals surface area contributed by atoms with Gasteiger partial charge in [-0.15, -0.1) is 0 Å². The van der Waals surface area contributed by atoms with Gasteiger partial charge in [0.2, 0.25) is 0 Å². The van der Waals surface area contributed by atoms with Gasteiger partial charge in [0.25, 0.3) is 0 Å². The summed E-state index contributed by atoms with van der Waals surface area (Å²) in [7, 11) is 0. The molecule has 0 aliphatic rings. The number of rotatable bonds is 6. The number of carboxylic acid groups (broad SMARTS) is 2. The molecule has 0 saturated carbocycles. The van der Waals surface area contributed by atoms with E-state index >= 15 is 0 Å². The van der Waals surface area contributed by atoms with Gasteiger partial charge in [-0.2, -0.15) is 0 Å². The number of hydrogen-bond donors (Lipinski definition) is 4. The third-order valence-corrected chi connectivity index (χ3v) is 5.20. The molecule has 0 amide bonds. The van der Waals surface area contributed by atoms with Crippen molar-refractivity contribution in [3.8, 4) is 0 Å². The fourth-order valence-electron chi connectivity index (χ4n) is 2.83. The van der Waals surface area contributed by atoms with Crippen LogP contribution in [0.25, 0.3) is 0 Å². The smallest absolute Gasteiger partial charge is 0.335 e. The Morgan fingerprint density at radius 3 is 1.66 bits per heavy atom. The van der Waals surface area contributed by atoms with Crippen LogP contribution >= 0.6 is 0 Å². The zero-order chi connectivity index (χ0) is 25.1. The van der Waals surface area contributed by atoms with Crippen LogP contribution in [0.3, 0.4) is 0 Å². The fraction of sp³-hybridized carbons (Fsp3) is 0.462. The topological polar surface area (TPSA) is 127 Å². The van der Waals surface area contributed by atoms with E-state index in [-0.39, 0.29) is 23.1 Å². The predicted octanol–water partition coefficient (Wildman–Crippen LogP) is 5.89. The molecule has 0 heterocycles. The lowest BCUT2D eigenvalue weighted by molar-refractivity contribution is 0.0686. The van der Waals surface area contributed by atoms with Gasteiger partial charge in [-0.25, -0.2) is 9.59 Å². The van der Waals surface area contributed by atoms with E-state index in [4.69, 9.17) is 21.7 Å². The van der Waals surface area contributed by atoms with Crippen LogP contribution in [0.2, 0.25) is 0 Å². The Balaban J connectivity index is 0.000000557. The maximum atomic E-state index is 10.8. The van der Waals surface area contributed by atoms with Crippen LogP contribution in [-0.4, -0.2) is 22.2 Å². The SMILES string of the molecule is CC.CC(C)(C)C(N)c1cccc(C(=O)O)c1.CCC(C)C(N)c1cccc(C(=O)O)c1. The minimum atomic E-state index is -0.919. The summed E-state index contributed by atoms with van der Waals surface area (Å²) < 4.78 is 0. The van der Waals surface area contributed by atoms with Crippen molar-refractivity contribution in [3.63, 3.8) is 0 Å². The Morgan fingerprint density at radius 2 is 1.28 bits per heavy atom. The first kappa shape index (κ1) is 29.3. The Labute approximate surface area is 192 Å². The molecule has 0 fully saturated rings. The first-order chi connectivity index (χ1) is 14.9. The summed E-state index contributed by atoms with van der Waals surface area (Å²) in [6.07, 6.45) is 0.985. The van der Waals surface area contributed by atoms with Gasteiger partial charge in [0.05, 0.1) is 11.1 Å². The first-order valence-electron chi connectivity index (χ1n) is 11.1. The van der Waals surface area contributed by atoms with Crippen LogP contribution in [-0.2, 0) is 0 Å². The van der Waals surface area contributed by atoms with Gasteiger partial charge in [0.15, 0.2) is 0 Å². The average Bonchev–Trinajstić information content (AvgIpc) is 2.78. The van der Waals surface area contributed by atoms with E-state index in [1.807, 2.05) is 46.8 Å². The Hall–Kier alpha value is -2.70. The largest absolute Gasteiger partial charge is 0.478 e. The van der Waals surface area contributed by atoms with Crippen molar-refractivity contribution in [1.29, 1.82) is 0 Å². The molecule has 2 aromatic carbocycles. The summed E-state index contributed by atoms with van der Waals surface area (Å²) in [5, 5.41) is 17.7. The maximum Gasteiger partial charge on any atom is 0.335 e. The Morgan fingerprint density at radius 1 is 0.875 bits per heavy atom. The van der Waals surface area contributed by atoms with Gasteiger partial charge < -0.3 is 21.7 Å². The molecule has 0 aliphatic carbocycles. The molecule has 6 N–H and O–H groups in total. The summed E-state index contributed by atoms with van der Waals surface area (Å²) >= 11 is 0. The van der Waals surface area contributed by atoms with E-state index in [0.29, 0.717) is 11.5 Å². The van der Waals surface area contributed by atoms with Crippen molar-refractivity contribution in [1.82, 2.24) is 0 Å². The van der Waals surface area contributed by atoms with Gasteiger partial charge in [-0.1, -0.05) is 79.2 Å². The lowest BCUT2D eigenvalue weighted by Crippen LogP contribution is -2.26. The standard InChI is InChI=1S/2C12H17NO2.C2H6/c1-12(2,3)10(13)8-5-4-6-9(7-8)11(14)15;1-3-8(2)11(13)9-5-4-6-10(7-9)12(14)15;1-2/h4-7,10H,13H2,1-3H3,(H,14,15);4-8,11H,3,13H2,1-2H3,(H,14,15);1-2H3. The molecule has 0 bridgehead atoms. The molecule has 0 saturated heterocycles. The second-order valence-electron chi connectivity index (χ2n) is 8.62. The van der Waals surface area contributed by atoms with Crippen LogP contribution in [0.1, 0.15) is 98.8 Å². The highest BCUT2D eigenvalue weighted by atomic mass is 16.4. The van der Waals surface area contributed by atoms with Gasteiger partial charge in [0.1, 0.15) is 0 Å². The van der Waals surface area contributed by atoms with Crippen LogP contribution in [0.15, 0.2) is 48.5 Å². The number of benzene rings is 2. The third kappa shape index (κ3) is 9.20. The monoisotopic (exact) mass is 444 g/mol. The van der Waals surface area contributed by atoms with Crippen molar-refractivity contribution in [2.24, 2.45) is 22.8 Å². The molecule has 6 nitrogen and oxygen atoms in total. The zero-order valence-electron chi connectivity index (χ0n) is 20.4. The lowest BCUT2D eigenvalue weighted by atomic mass is 9.83. The summed E-state index contributed by atoms with van der Waals surface area (Å²) in [6, 6.07) is 13.4. The molecule has 0 aromatic heterocycles. The third-order valence-electron chi connectivity index (χ3n) is 5.20. The van der Waals surface area contributed by atoms with Crippen molar-refractivity contribution >= 4 is 11.9 Å². The number of carboxylic acids is 2. The zero-order valence-corrected chi connectivity index (χ0v) is 20.4. The molecule has 2 rings (SSSR count). The number of nitrogens with two attached hydrogens (primary N) is 2. The van der Waals surface area contributed by atoms with Crippen molar-refractivity contribution in [2.75, 3.05) is 0 Å². The van der Waals surface area contributed by atoms with Gasteiger partial charge in [0, 0.05) is 12.1 Å². The number of hydrogen-bond acceptors (Lipinski definition) is 4. The Kier molecular flexibility index (Phi) is 12.5. The lowest BCUT2D eigenvalue weighted by Gasteiger charge is -2.27. The summed E-state index contributed by atoms with van der Waals surface area (Å²) in [6.45, 7) is 14.2. The highest BCUT2D eigenvalue weighted by molar-refractivity contribution is 5.88. The van der Waals surface area contributed by atoms with E-state index in [0.717, 1.165) is 17.5 Å². The van der Waals surface area contributed by atoms with E-state index in [2.05, 4.69) is 13.8 Å². The van der Waals surface area contributed by atoms with Gasteiger partial charge in [-0.3, -0.25) is 0 Å². The second-order valence-corrected chi connectivity index (χ2v) is 8.62. The maximum absolute atomic E-state index is 10.8. The van der Waals surface area contributed by atoms with Crippen LogP contribution in [0.5, 0.6) is 0 Å². The minimum Gasteiger partial charge on any atom is -0.478 e. The van der Waals surface area contributed by atoms with Crippen LogP contribution < -0.4 is 11.5 Å². The van der Waals surface area contributed by atoms with E-state index in [9.17, 15) is 9.59 Å². The molecular weight excluding hydrogens is 404 g/mol. The second kappa shape index (κ2) is 13.7. The highest BCUT2D eigenvalue weighted by Crippen LogP contribution is 2.30. The average molecular weight is 445 g/mol. The minimum absolute atomic E-state index is 0.0723. The molecule has 0 aliphatic heterocycles. The van der Waals surface area contributed by atoms with Crippen molar-refractivity contribution in [2.45, 2.75) is 67.0 Å². The molecule has 178 valence electrons. The normalized spacial score (nSPS) is 13.4. The molecular formula is C26H40N2O4. The number of carbonyl (C=O) groups is 2. The predicted molar refractivity (Wildman–Crippen MR) is 131 cm³/mol. The van der Waals surface area contributed by atoms with Crippen molar-refractivity contribution < 1.29 is 19.8 Å². The van der Waals surface area contributed by atoms with Crippen molar-refractivity contribution in [3.05, 3.63) is 70.8 Å². The molecule has 0 radical (unpaired) electrons. The van der Waals surface area contributed by atoms with Gasteiger partial charge in [-0.05, 0) is 46.7 Å². The molecule has 32 heavy (non-hydrogen) atoms. The van der Waals surface area contributed by atoms with Crippen LogP contribution in [0.4, 0.5) is 0 Å². The molecule has 3 unspecified atom stereocenters. The molecule has 3 atom stereocenters. The highest BCUT2D eigenvalue weighted by Gasteiger charge is 2.22. The summed E-state index contributed by atoms with van der Waals surface area (Å²) in [5.41, 5.74) is 14.3. The summed E-state index contributed by atoms with van der Waals surface area (Å²) in [4.78, 5) is 21.6.